The lowest BCUT2D eigenvalue weighted by atomic mass is 9.94. The van der Waals surface area contributed by atoms with Crippen LogP contribution in [0.2, 0.25) is 0 Å². The van der Waals surface area contributed by atoms with Crippen LogP contribution >= 0.6 is 0 Å². The number of anilines is 2. The summed E-state index contributed by atoms with van der Waals surface area (Å²) in [4.78, 5) is 75.8. The molecule has 0 saturated carbocycles. The zero-order valence-corrected chi connectivity index (χ0v) is 26.1. The van der Waals surface area contributed by atoms with Gasteiger partial charge in [-0.1, -0.05) is 0 Å². The lowest BCUT2D eigenvalue weighted by Gasteiger charge is -2.19. The molecule has 0 bridgehead atoms. The van der Waals surface area contributed by atoms with E-state index in [2.05, 4.69) is 10.6 Å². The number of ether oxygens (including phenoxy) is 4. The van der Waals surface area contributed by atoms with Crippen molar-refractivity contribution >= 4 is 47.1 Å². The number of carbonyl (C=O) groups excluding carboxylic acids is 6. The van der Waals surface area contributed by atoms with Gasteiger partial charge in [0.15, 0.2) is 11.6 Å². The Balaban J connectivity index is 2.27. The van der Waals surface area contributed by atoms with E-state index in [1.54, 1.807) is 41.5 Å². The van der Waals surface area contributed by atoms with Crippen molar-refractivity contribution in [3.63, 3.8) is 0 Å². The first-order valence-electron chi connectivity index (χ1n) is 13.6. The van der Waals surface area contributed by atoms with Gasteiger partial charge >= 0.3 is 24.1 Å². The molecule has 12 heteroatoms. The molecule has 2 aromatic carbocycles. The van der Waals surface area contributed by atoms with Crippen molar-refractivity contribution in [1.82, 2.24) is 0 Å². The summed E-state index contributed by atoms with van der Waals surface area (Å²) < 4.78 is 20.0. The number of Topliss-reactive ketones (excluding diaryl/α,β-unsaturated/α-hetero) is 2. The van der Waals surface area contributed by atoms with Crippen LogP contribution in [0.4, 0.5) is 21.0 Å². The van der Waals surface area contributed by atoms with E-state index in [1.165, 1.54) is 48.5 Å². The third kappa shape index (κ3) is 11.3. The first kappa shape index (κ1) is 35.2. The fourth-order valence-corrected chi connectivity index (χ4v) is 3.70. The minimum Gasteiger partial charge on any atom is -0.466 e. The molecule has 0 unspecified atom stereocenters. The highest BCUT2D eigenvalue weighted by Crippen LogP contribution is 2.23. The minimum atomic E-state index is -0.980. The van der Waals surface area contributed by atoms with Crippen LogP contribution < -0.4 is 10.6 Å². The van der Waals surface area contributed by atoms with Gasteiger partial charge in [0, 0.05) is 35.3 Å². The molecule has 0 aliphatic carbocycles. The van der Waals surface area contributed by atoms with Gasteiger partial charge in [0.1, 0.15) is 11.2 Å². The Morgan fingerprint density at radius 2 is 0.841 bits per heavy atom. The van der Waals surface area contributed by atoms with Crippen molar-refractivity contribution in [2.24, 2.45) is 0 Å². The van der Waals surface area contributed by atoms with E-state index in [4.69, 9.17) is 18.9 Å². The highest BCUT2D eigenvalue weighted by atomic mass is 16.6. The van der Waals surface area contributed by atoms with Crippen LogP contribution in [0.5, 0.6) is 0 Å². The molecule has 2 aromatic rings. The Morgan fingerprint density at radius 3 is 1.09 bits per heavy atom. The maximum Gasteiger partial charge on any atom is 0.412 e. The van der Waals surface area contributed by atoms with Crippen LogP contribution in [-0.4, -0.2) is 61.1 Å². The van der Waals surface area contributed by atoms with Gasteiger partial charge in [-0.05, 0) is 90.1 Å². The third-order valence-corrected chi connectivity index (χ3v) is 5.61. The van der Waals surface area contributed by atoms with E-state index in [9.17, 15) is 28.8 Å². The van der Waals surface area contributed by atoms with Crippen LogP contribution in [-0.2, 0) is 28.5 Å². The van der Waals surface area contributed by atoms with E-state index in [1.807, 2.05) is 0 Å². The lowest BCUT2D eigenvalue weighted by molar-refractivity contribution is -0.139. The number of esters is 2. The van der Waals surface area contributed by atoms with Gasteiger partial charge in [-0.2, -0.15) is 0 Å². The Kier molecular flexibility index (Phi) is 12.0. The van der Waals surface area contributed by atoms with Crippen molar-refractivity contribution in [2.45, 2.75) is 65.6 Å². The molecule has 0 atom stereocenters. The summed E-state index contributed by atoms with van der Waals surface area (Å²) in [6.45, 7) is 10.3. The molecule has 0 heterocycles. The summed E-state index contributed by atoms with van der Waals surface area (Å²) in [5, 5.41) is 5.10. The Bertz CT molecular complexity index is 1320. The molecule has 2 rings (SSSR count). The number of nitrogens with one attached hydrogen (secondary N) is 2. The predicted octanol–water partition coefficient (Wildman–Crippen LogP) is 5.87. The maximum absolute atomic E-state index is 13.1. The number of ketones is 2. The SMILES string of the molecule is COC(=O)/C(CC(=O)c1ccc(NC(=O)OC(C)(C)C)cc1)=C(/CC(=O)c1ccc(NC(=O)OC(C)(C)C)cc1)C(=O)OC. The lowest BCUT2D eigenvalue weighted by Crippen LogP contribution is -2.27. The van der Waals surface area contributed by atoms with Crippen molar-refractivity contribution in [3.05, 3.63) is 70.8 Å². The molecule has 0 aliphatic rings. The molecular weight excluding hydrogens is 572 g/mol. The van der Waals surface area contributed by atoms with Gasteiger partial charge in [-0.15, -0.1) is 0 Å². The number of methoxy groups -OCH3 is 2. The Morgan fingerprint density at radius 1 is 0.545 bits per heavy atom. The molecule has 0 spiro atoms. The molecule has 2 N–H and O–H groups in total. The first-order valence-corrected chi connectivity index (χ1v) is 13.6. The average Bonchev–Trinajstić information content (AvgIpc) is 2.92. The molecule has 44 heavy (non-hydrogen) atoms. The zero-order chi connectivity index (χ0) is 33.2. The summed E-state index contributed by atoms with van der Waals surface area (Å²) in [5.74, 6) is -3.07. The predicted molar refractivity (Wildman–Crippen MR) is 162 cm³/mol. The Hall–Kier alpha value is -5.00. The van der Waals surface area contributed by atoms with Crippen LogP contribution in [0.25, 0.3) is 0 Å². The quantitative estimate of drug-likeness (QED) is 0.144. The van der Waals surface area contributed by atoms with Crippen molar-refractivity contribution in [2.75, 3.05) is 24.9 Å². The van der Waals surface area contributed by atoms with Crippen molar-refractivity contribution in [3.8, 4) is 0 Å². The molecule has 2 amide bonds. The summed E-state index contributed by atoms with van der Waals surface area (Å²) in [6.07, 6.45) is -2.48. The van der Waals surface area contributed by atoms with Crippen LogP contribution in [0.1, 0.15) is 75.1 Å². The topological polar surface area (TPSA) is 163 Å². The summed E-state index contributed by atoms with van der Waals surface area (Å²) in [7, 11) is 2.16. The smallest absolute Gasteiger partial charge is 0.412 e. The molecule has 0 saturated heterocycles. The third-order valence-electron chi connectivity index (χ3n) is 5.61. The van der Waals surface area contributed by atoms with Gasteiger partial charge in [0.25, 0.3) is 0 Å². The maximum atomic E-state index is 13.1. The Labute approximate surface area is 256 Å². The molecule has 236 valence electrons. The van der Waals surface area contributed by atoms with E-state index >= 15 is 0 Å². The molecule has 0 aromatic heterocycles. The summed E-state index contributed by atoms with van der Waals surface area (Å²) >= 11 is 0. The van der Waals surface area contributed by atoms with Crippen LogP contribution in [0.15, 0.2) is 59.7 Å². The monoisotopic (exact) mass is 610 g/mol. The second-order valence-corrected chi connectivity index (χ2v) is 11.5. The molecule has 0 aliphatic heterocycles. The van der Waals surface area contributed by atoms with E-state index < -0.39 is 59.7 Å². The fraction of sp³-hybridized carbons (Fsp3) is 0.375. The first-order chi connectivity index (χ1) is 20.4. The summed E-state index contributed by atoms with van der Waals surface area (Å²) in [6, 6.07) is 11.6. The number of hydrogen-bond acceptors (Lipinski definition) is 10. The normalized spacial score (nSPS) is 11.8. The molecular formula is C32H38N2O10. The highest BCUT2D eigenvalue weighted by molar-refractivity contribution is 6.11. The minimum absolute atomic E-state index is 0.171. The van der Waals surface area contributed by atoms with Crippen LogP contribution in [0, 0.1) is 0 Å². The highest BCUT2D eigenvalue weighted by Gasteiger charge is 2.28. The number of rotatable bonds is 10. The van der Waals surface area contributed by atoms with Gasteiger partial charge in [0.2, 0.25) is 0 Å². The average molecular weight is 611 g/mol. The fourth-order valence-electron chi connectivity index (χ4n) is 3.70. The van der Waals surface area contributed by atoms with E-state index in [-0.39, 0.29) is 22.3 Å². The largest absolute Gasteiger partial charge is 0.466 e. The zero-order valence-electron chi connectivity index (χ0n) is 26.1. The number of carbonyl (C=O) groups is 6. The summed E-state index contributed by atoms with van der Waals surface area (Å²) in [5.41, 5.74) is -0.987. The van der Waals surface area contributed by atoms with Crippen molar-refractivity contribution in [1.29, 1.82) is 0 Å². The standard InChI is InChI=1S/C32H38N2O10/c1-31(2,3)43-29(39)33-21-13-9-19(10-14-21)25(35)17-23(27(37)41-7)24(28(38)42-8)18-26(36)20-11-15-22(16-12-20)34-30(40)44-32(4,5)6/h9-16H,17-18H2,1-8H3,(H,33,39)(H,34,40)/b24-23-. The second kappa shape index (κ2) is 14.9. The van der Waals surface area contributed by atoms with Gasteiger partial charge in [-0.25, -0.2) is 19.2 Å². The molecule has 0 radical (unpaired) electrons. The van der Waals surface area contributed by atoms with Gasteiger partial charge in [0.05, 0.1) is 25.4 Å². The van der Waals surface area contributed by atoms with Gasteiger partial charge < -0.3 is 18.9 Å². The number of benzene rings is 2. The van der Waals surface area contributed by atoms with E-state index in [0.717, 1.165) is 14.2 Å². The van der Waals surface area contributed by atoms with Crippen LogP contribution in [0.3, 0.4) is 0 Å². The second-order valence-electron chi connectivity index (χ2n) is 11.5. The van der Waals surface area contributed by atoms with E-state index in [0.29, 0.717) is 11.4 Å². The number of hydrogen-bond donors (Lipinski definition) is 2. The molecule has 12 nitrogen and oxygen atoms in total. The van der Waals surface area contributed by atoms with Gasteiger partial charge in [-0.3, -0.25) is 20.2 Å². The molecule has 0 fully saturated rings. The number of amides is 2. The van der Waals surface area contributed by atoms with Crippen molar-refractivity contribution < 1.29 is 47.7 Å².